The third-order valence-corrected chi connectivity index (χ3v) is 11.7. The first-order valence-corrected chi connectivity index (χ1v) is 15.8. The van der Waals surface area contributed by atoms with Crippen LogP contribution in [0.3, 0.4) is 0 Å². The van der Waals surface area contributed by atoms with Crippen LogP contribution in [0.2, 0.25) is 0 Å². The number of rotatable bonds is 4. The highest BCUT2D eigenvalue weighted by Gasteiger charge is 2.59. The summed E-state index contributed by atoms with van der Waals surface area (Å²) < 4.78 is 9.74. The lowest BCUT2D eigenvalue weighted by molar-refractivity contribution is -0.159. The van der Waals surface area contributed by atoms with Gasteiger partial charge in [-0.25, -0.2) is 4.79 Å². The van der Waals surface area contributed by atoms with Gasteiger partial charge >= 0.3 is 11.9 Å². The van der Waals surface area contributed by atoms with Crippen LogP contribution in [0.5, 0.6) is 0 Å². The predicted octanol–water partition coefficient (Wildman–Crippen LogP) is 6.66. The largest absolute Gasteiger partial charge is 0.479 e. The standard InChI is InChI=1S/C21H36.C9H15NO5.C2H6/c1-14-9-11-21(4)16(13-14)6-7-17-18-8-5-15(2)20(18,3)12-10-19(17)21;1-7(9(13)15-6-8(11)12)10-2-4-14-5-3-10;1-2/h14-19H,5-13H2,1-4H3;7H,2-6H2,1H3,(H,11,12);1-2H3. The summed E-state index contributed by atoms with van der Waals surface area (Å²) in [4.78, 5) is 23.5. The van der Waals surface area contributed by atoms with Gasteiger partial charge in [0.2, 0.25) is 0 Å². The summed E-state index contributed by atoms with van der Waals surface area (Å²) in [6.45, 7) is 18.1. The van der Waals surface area contributed by atoms with Crippen molar-refractivity contribution in [2.75, 3.05) is 32.9 Å². The third kappa shape index (κ3) is 6.59. The van der Waals surface area contributed by atoms with Crippen LogP contribution in [0.25, 0.3) is 0 Å². The molecule has 0 spiro atoms. The summed E-state index contributed by atoms with van der Waals surface area (Å²) in [5.74, 6) is 4.64. The van der Waals surface area contributed by atoms with Crippen LogP contribution < -0.4 is 0 Å². The summed E-state index contributed by atoms with van der Waals surface area (Å²) in [7, 11) is 0. The number of carboxylic acids is 1. The Balaban J connectivity index is 0.000000209. The number of hydrogen-bond donors (Lipinski definition) is 1. The topological polar surface area (TPSA) is 76.1 Å². The van der Waals surface area contributed by atoms with Crippen molar-refractivity contribution < 1.29 is 24.2 Å². The molecule has 1 heterocycles. The molecule has 9 unspecified atom stereocenters. The highest BCUT2D eigenvalue weighted by molar-refractivity contribution is 5.78. The Kier molecular flexibility index (Phi) is 11.1. The molecule has 0 amide bonds. The van der Waals surface area contributed by atoms with Crippen LogP contribution in [-0.4, -0.2) is 60.9 Å². The Morgan fingerprint density at radius 1 is 0.947 bits per heavy atom. The van der Waals surface area contributed by atoms with E-state index >= 15 is 0 Å². The molecule has 0 radical (unpaired) electrons. The molecule has 1 saturated heterocycles. The average Bonchev–Trinajstić information content (AvgIpc) is 3.23. The summed E-state index contributed by atoms with van der Waals surface area (Å²) in [6, 6.07) is -0.409. The minimum absolute atomic E-state index is 0.409. The molecule has 6 heteroatoms. The van der Waals surface area contributed by atoms with Crippen LogP contribution in [0, 0.1) is 46.3 Å². The molecule has 0 aromatic rings. The van der Waals surface area contributed by atoms with E-state index in [1.807, 2.05) is 18.7 Å². The van der Waals surface area contributed by atoms with Crippen molar-refractivity contribution in [3.05, 3.63) is 0 Å². The van der Waals surface area contributed by atoms with Gasteiger partial charge in [-0.15, -0.1) is 0 Å². The zero-order valence-corrected chi connectivity index (χ0v) is 25.5. The van der Waals surface area contributed by atoms with E-state index in [2.05, 4.69) is 32.4 Å². The van der Waals surface area contributed by atoms with Gasteiger partial charge in [0.25, 0.3) is 0 Å². The second kappa shape index (κ2) is 13.5. The first-order valence-electron chi connectivity index (χ1n) is 15.8. The highest BCUT2D eigenvalue weighted by atomic mass is 16.6. The number of morpholine rings is 1. The number of carbonyl (C=O) groups excluding carboxylic acids is 1. The molecule has 5 aliphatic rings. The Bertz CT molecular complexity index is 782. The molecule has 1 aliphatic heterocycles. The molecule has 4 aliphatic carbocycles. The fraction of sp³-hybridized carbons (Fsp3) is 0.938. The van der Waals surface area contributed by atoms with Crippen LogP contribution in [0.15, 0.2) is 0 Å². The maximum absolute atomic E-state index is 11.4. The molecule has 4 saturated carbocycles. The molecule has 0 aromatic carbocycles. The average molecular weight is 536 g/mol. The van der Waals surface area contributed by atoms with E-state index in [4.69, 9.17) is 9.84 Å². The van der Waals surface area contributed by atoms with E-state index < -0.39 is 24.6 Å². The minimum atomic E-state index is -1.14. The Morgan fingerprint density at radius 3 is 2.24 bits per heavy atom. The zero-order chi connectivity index (χ0) is 28.1. The van der Waals surface area contributed by atoms with Gasteiger partial charge in [0, 0.05) is 13.1 Å². The van der Waals surface area contributed by atoms with Gasteiger partial charge in [-0.1, -0.05) is 48.0 Å². The lowest BCUT2D eigenvalue weighted by Gasteiger charge is -2.61. The number of ether oxygens (including phenoxy) is 2. The SMILES string of the molecule is CC.CC(C(=O)OCC(=O)O)N1CCOCC1.CC1CCC2(C)C(CCC3C4CCC(C)C4(C)CCC32)C1. The molecule has 9 atom stereocenters. The van der Waals surface area contributed by atoms with E-state index in [1.54, 1.807) is 39.0 Å². The van der Waals surface area contributed by atoms with Gasteiger partial charge in [0.1, 0.15) is 6.04 Å². The van der Waals surface area contributed by atoms with E-state index in [9.17, 15) is 9.59 Å². The quantitative estimate of drug-likeness (QED) is 0.406. The fourth-order valence-electron chi connectivity index (χ4n) is 9.10. The van der Waals surface area contributed by atoms with Crippen molar-refractivity contribution in [2.24, 2.45) is 46.3 Å². The smallest absolute Gasteiger partial charge is 0.341 e. The molecule has 0 aromatic heterocycles. The van der Waals surface area contributed by atoms with Crippen LogP contribution >= 0.6 is 0 Å². The molecular weight excluding hydrogens is 478 g/mol. The Hall–Kier alpha value is -1.14. The van der Waals surface area contributed by atoms with Crippen molar-refractivity contribution in [1.82, 2.24) is 4.90 Å². The van der Waals surface area contributed by atoms with Crippen LogP contribution in [-0.2, 0) is 19.1 Å². The second-order valence-corrected chi connectivity index (χ2v) is 13.4. The van der Waals surface area contributed by atoms with Gasteiger partial charge in [-0.2, -0.15) is 0 Å². The van der Waals surface area contributed by atoms with Crippen molar-refractivity contribution in [2.45, 2.75) is 112 Å². The normalized spacial score (nSPS) is 41.0. The van der Waals surface area contributed by atoms with Crippen LogP contribution in [0.1, 0.15) is 106 Å². The van der Waals surface area contributed by atoms with Gasteiger partial charge in [-0.05, 0) is 105 Å². The number of hydrogen-bond acceptors (Lipinski definition) is 5. The molecule has 0 bridgehead atoms. The first-order chi connectivity index (χ1) is 18.1. The number of carbonyl (C=O) groups is 2. The van der Waals surface area contributed by atoms with Gasteiger partial charge in [0.05, 0.1) is 13.2 Å². The number of fused-ring (bicyclic) bond motifs is 5. The lowest BCUT2D eigenvalue weighted by Crippen LogP contribution is -2.53. The zero-order valence-electron chi connectivity index (χ0n) is 25.5. The van der Waals surface area contributed by atoms with E-state index in [0.29, 0.717) is 37.1 Å². The minimum Gasteiger partial charge on any atom is -0.479 e. The summed E-state index contributed by atoms with van der Waals surface area (Å²) in [5, 5.41) is 8.34. The molecule has 6 nitrogen and oxygen atoms in total. The lowest BCUT2D eigenvalue weighted by atomic mass is 9.44. The molecule has 220 valence electrons. The first kappa shape index (κ1) is 31.4. The summed E-state index contributed by atoms with van der Waals surface area (Å²) >= 11 is 0. The van der Waals surface area contributed by atoms with Crippen molar-refractivity contribution >= 4 is 11.9 Å². The fourth-order valence-corrected chi connectivity index (χ4v) is 9.10. The summed E-state index contributed by atoms with van der Waals surface area (Å²) in [6.07, 6.45) is 13.9. The number of nitrogens with zero attached hydrogens (tertiary/aromatic N) is 1. The van der Waals surface area contributed by atoms with Crippen LogP contribution in [0.4, 0.5) is 0 Å². The van der Waals surface area contributed by atoms with Gasteiger partial charge < -0.3 is 14.6 Å². The van der Waals surface area contributed by atoms with Crippen molar-refractivity contribution in [3.63, 3.8) is 0 Å². The molecule has 5 fully saturated rings. The van der Waals surface area contributed by atoms with Crippen molar-refractivity contribution in [1.29, 1.82) is 0 Å². The van der Waals surface area contributed by atoms with E-state index in [1.165, 1.54) is 25.7 Å². The number of aliphatic carboxylic acids is 1. The second-order valence-electron chi connectivity index (χ2n) is 13.4. The molecule has 1 N–H and O–H groups in total. The van der Waals surface area contributed by atoms with Crippen molar-refractivity contribution in [3.8, 4) is 0 Å². The summed E-state index contributed by atoms with van der Waals surface area (Å²) in [5.41, 5.74) is 1.41. The Morgan fingerprint density at radius 2 is 1.58 bits per heavy atom. The van der Waals surface area contributed by atoms with Gasteiger partial charge in [-0.3, -0.25) is 9.69 Å². The van der Waals surface area contributed by atoms with E-state index in [-0.39, 0.29) is 0 Å². The number of carboxylic acid groups (broad SMARTS) is 1. The number of esters is 1. The third-order valence-electron chi connectivity index (χ3n) is 11.7. The molecular formula is C32H57NO5. The van der Waals surface area contributed by atoms with E-state index in [0.717, 1.165) is 35.5 Å². The predicted molar refractivity (Wildman–Crippen MR) is 152 cm³/mol. The molecule has 38 heavy (non-hydrogen) atoms. The molecule has 5 rings (SSSR count). The highest BCUT2D eigenvalue weighted by Crippen LogP contribution is 2.67. The monoisotopic (exact) mass is 535 g/mol. The Labute approximate surface area is 232 Å². The van der Waals surface area contributed by atoms with Gasteiger partial charge in [0.15, 0.2) is 6.61 Å². The maximum atomic E-state index is 11.4. The maximum Gasteiger partial charge on any atom is 0.341 e.